The molecule has 0 saturated carbocycles. The van der Waals surface area contributed by atoms with Crippen LogP contribution in [0.5, 0.6) is 0 Å². The van der Waals surface area contributed by atoms with Gasteiger partial charge in [-0.3, -0.25) is 4.79 Å². The van der Waals surface area contributed by atoms with E-state index in [-0.39, 0.29) is 16.6 Å². The molecule has 0 spiro atoms. The largest absolute Gasteiger partial charge is 0.451 e. The van der Waals surface area contributed by atoms with E-state index in [2.05, 4.69) is 15.9 Å². The molecular formula is C19H11BrClFO4. The van der Waals surface area contributed by atoms with Crippen molar-refractivity contribution < 1.29 is 23.1 Å². The summed E-state index contributed by atoms with van der Waals surface area (Å²) >= 11 is 9.02. The lowest BCUT2D eigenvalue weighted by molar-refractivity contribution is 0.0445. The first-order valence-corrected chi connectivity index (χ1v) is 8.62. The van der Waals surface area contributed by atoms with Crippen LogP contribution in [0.15, 0.2) is 63.5 Å². The Labute approximate surface area is 161 Å². The molecule has 0 fully saturated rings. The topological polar surface area (TPSA) is 56.5 Å². The summed E-state index contributed by atoms with van der Waals surface area (Å²) in [4.78, 5) is 24.1. The Bertz CT molecular complexity index is 966. The van der Waals surface area contributed by atoms with Crippen LogP contribution >= 0.6 is 27.5 Å². The molecule has 0 unspecified atom stereocenters. The first-order chi connectivity index (χ1) is 12.4. The summed E-state index contributed by atoms with van der Waals surface area (Å²) in [5.41, 5.74) is 0.948. The maximum Gasteiger partial charge on any atom is 0.374 e. The molecular weight excluding hydrogens is 427 g/mol. The average molecular weight is 438 g/mol. The lowest BCUT2D eigenvalue weighted by Crippen LogP contribution is -2.13. The highest BCUT2D eigenvalue weighted by Crippen LogP contribution is 2.26. The average Bonchev–Trinajstić information content (AvgIpc) is 3.12. The summed E-state index contributed by atoms with van der Waals surface area (Å²) < 4.78 is 24.5. The van der Waals surface area contributed by atoms with E-state index in [1.165, 1.54) is 30.3 Å². The van der Waals surface area contributed by atoms with Crippen molar-refractivity contribution in [2.75, 3.05) is 6.61 Å². The van der Waals surface area contributed by atoms with Crippen LogP contribution in [0.2, 0.25) is 5.02 Å². The van der Waals surface area contributed by atoms with Crippen molar-refractivity contribution in [3.05, 3.63) is 81.2 Å². The number of hydrogen-bond acceptors (Lipinski definition) is 4. The monoisotopic (exact) mass is 436 g/mol. The van der Waals surface area contributed by atoms with E-state index < -0.39 is 18.4 Å². The first kappa shape index (κ1) is 18.4. The fourth-order valence-corrected chi connectivity index (χ4v) is 2.62. The van der Waals surface area contributed by atoms with Crippen molar-refractivity contribution in [2.24, 2.45) is 0 Å². The molecule has 0 aliphatic carbocycles. The molecule has 0 radical (unpaired) electrons. The highest BCUT2D eigenvalue weighted by Gasteiger charge is 2.16. The van der Waals surface area contributed by atoms with Crippen molar-refractivity contribution >= 4 is 39.3 Å². The van der Waals surface area contributed by atoms with Crippen molar-refractivity contribution in [3.8, 4) is 11.3 Å². The molecule has 0 saturated heterocycles. The van der Waals surface area contributed by atoms with E-state index in [9.17, 15) is 14.0 Å². The van der Waals surface area contributed by atoms with Gasteiger partial charge in [0.15, 0.2) is 12.4 Å². The second kappa shape index (κ2) is 7.85. The van der Waals surface area contributed by atoms with Crippen LogP contribution in [0, 0.1) is 5.82 Å². The van der Waals surface area contributed by atoms with Gasteiger partial charge in [-0.15, -0.1) is 0 Å². The molecule has 4 nitrogen and oxygen atoms in total. The van der Waals surface area contributed by atoms with Gasteiger partial charge in [-0.2, -0.15) is 0 Å². The van der Waals surface area contributed by atoms with Crippen LogP contribution in [0.4, 0.5) is 4.39 Å². The van der Waals surface area contributed by atoms with E-state index in [4.69, 9.17) is 20.8 Å². The van der Waals surface area contributed by atoms with Crippen LogP contribution in [-0.2, 0) is 4.74 Å². The van der Waals surface area contributed by atoms with Crippen LogP contribution in [0.25, 0.3) is 11.3 Å². The number of ether oxygens (including phenoxy) is 1. The molecule has 2 aromatic carbocycles. The zero-order chi connectivity index (χ0) is 18.7. The molecule has 26 heavy (non-hydrogen) atoms. The SMILES string of the molecule is O=C(COC(=O)c1ccc(-c2ccc(F)c(Cl)c2)o1)c1ccc(Br)cc1. The van der Waals surface area contributed by atoms with Crippen molar-refractivity contribution in [3.63, 3.8) is 0 Å². The zero-order valence-electron chi connectivity index (χ0n) is 13.2. The van der Waals surface area contributed by atoms with E-state index in [0.29, 0.717) is 16.9 Å². The van der Waals surface area contributed by atoms with Gasteiger partial charge in [0.1, 0.15) is 11.6 Å². The first-order valence-electron chi connectivity index (χ1n) is 7.45. The maximum atomic E-state index is 13.2. The predicted octanol–water partition coefficient (Wildman–Crippen LogP) is 5.54. The molecule has 0 aliphatic rings. The molecule has 132 valence electrons. The Kier molecular flexibility index (Phi) is 5.54. The Hall–Kier alpha value is -2.44. The van der Waals surface area contributed by atoms with E-state index in [0.717, 1.165) is 4.47 Å². The van der Waals surface area contributed by atoms with Gasteiger partial charge < -0.3 is 9.15 Å². The molecule has 1 aromatic heterocycles. The number of ketones is 1. The maximum absolute atomic E-state index is 13.2. The minimum atomic E-state index is -0.769. The summed E-state index contributed by atoms with van der Waals surface area (Å²) in [6.45, 7) is -0.404. The van der Waals surface area contributed by atoms with Gasteiger partial charge in [0.25, 0.3) is 0 Å². The summed E-state index contributed by atoms with van der Waals surface area (Å²) in [6, 6.07) is 13.7. The lowest BCUT2D eigenvalue weighted by Gasteiger charge is -2.03. The van der Waals surface area contributed by atoms with E-state index >= 15 is 0 Å². The number of furan rings is 1. The lowest BCUT2D eigenvalue weighted by atomic mass is 10.1. The van der Waals surface area contributed by atoms with Crippen molar-refractivity contribution in [2.45, 2.75) is 0 Å². The Morgan fingerprint density at radius 2 is 1.81 bits per heavy atom. The van der Waals surface area contributed by atoms with Crippen molar-refractivity contribution in [1.82, 2.24) is 0 Å². The van der Waals surface area contributed by atoms with Gasteiger partial charge in [0, 0.05) is 15.6 Å². The van der Waals surface area contributed by atoms with Crippen LogP contribution in [0.3, 0.4) is 0 Å². The fraction of sp³-hybridized carbons (Fsp3) is 0.0526. The molecule has 0 amide bonds. The van der Waals surface area contributed by atoms with Gasteiger partial charge in [0.2, 0.25) is 5.76 Å². The molecule has 3 aromatic rings. The Morgan fingerprint density at radius 1 is 1.08 bits per heavy atom. The number of rotatable bonds is 5. The number of hydrogen-bond donors (Lipinski definition) is 0. The van der Waals surface area contributed by atoms with Crippen LogP contribution in [0.1, 0.15) is 20.9 Å². The quantitative estimate of drug-likeness (QED) is 0.388. The minimum Gasteiger partial charge on any atom is -0.451 e. The zero-order valence-corrected chi connectivity index (χ0v) is 15.5. The Morgan fingerprint density at radius 3 is 2.50 bits per heavy atom. The normalized spacial score (nSPS) is 10.6. The third-order valence-electron chi connectivity index (χ3n) is 3.51. The molecule has 3 rings (SSSR count). The summed E-state index contributed by atoms with van der Waals surface area (Å²) in [7, 11) is 0. The number of carbonyl (C=O) groups excluding carboxylic acids is 2. The number of halogens is 3. The van der Waals surface area contributed by atoms with Crippen molar-refractivity contribution in [1.29, 1.82) is 0 Å². The molecule has 0 aliphatic heterocycles. The number of benzene rings is 2. The minimum absolute atomic E-state index is 0.0527. The number of esters is 1. The molecule has 7 heteroatoms. The summed E-state index contributed by atoms with van der Waals surface area (Å²) in [6.07, 6.45) is 0. The van der Waals surface area contributed by atoms with Gasteiger partial charge in [0.05, 0.1) is 5.02 Å². The van der Waals surface area contributed by atoms with Gasteiger partial charge in [-0.1, -0.05) is 39.7 Å². The molecule has 1 heterocycles. The number of Topliss-reactive ketones (excluding diaryl/α,β-unsaturated/α-hetero) is 1. The summed E-state index contributed by atoms with van der Waals surface area (Å²) in [5.74, 6) is -1.38. The van der Waals surface area contributed by atoms with Crippen LogP contribution in [-0.4, -0.2) is 18.4 Å². The second-order valence-electron chi connectivity index (χ2n) is 5.30. The molecule has 0 atom stereocenters. The van der Waals surface area contributed by atoms with Gasteiger partial charge in [-0.25, -0.2) is 9.18 Å². The number of carbonyl (C=O) groups is 2. The smallest absolute Gasteiger partial charge is 0.374 e. The molecule has 0 N–H and O–H groups in total. The third-order valence-corrected chi connectivity index (χ3v) is 4.33. The van der Waals surface area contributed by atoms with Gasteiger partial charge >= 0.3 is 5.97 Å². The predicted molar refractivity (Wildman–Crippen MR) is 97.9 cm³/mol. The highest BCUT2D eigenvalue weighted by molar-refractivity contribution is 9.10. The summed E-state index contributed by atoms with van der Waals surface area (Å²) in [5, 5.41) is -0.0527. The van der Waals surface area contributed by atoms with E-state index in [1.54, 1.807) is 24.3 Å². The van der Waals surface area contributed by atoms with E-state index in [1.807, 2.05) is 0 Å². The van der Waals surface area contributed by atoms with Crippen LogP contribution < -0.4 is 0 Å². The standard InChI is InChI=1S/C19H11BrClFO4/c20-13-4-1-11(2-5-13)16(23)10-25-19(24)18-8-7-17(26-18)12-3-6-15(22)14(21)9-12/h1-9H,10H2. The Balaban J connectivity index is 1.65. The second-order valence-corrected chi connectivity index (χ2v) is 6.62. The third kappa shape index (κ3) is 4.20. The molecule has 0 bridgehead atoms. The fourth-order valence-electron chi connectivity index (χ4n) is 2.17. The highest BCUT2D eigenvalue weighted by atomic mass is 79.9. The van der Waals surface area contributed by atoms with Gasteiger partial charge in [-0.05, 0) is 42.5 Å².